The van der Waals surface area contributed by atoms with Crippen molar-refractivity contribution in [1.29, 1.82) is 0 Å². The van der Waals surface area contributed by atoms with E-state index in [2.05, 4.69) is 27.9 Å². The minimum absolute atomic E-state index is 0.0466. The Balaban J connectivity index is 1.97. The number of amides is 1. The molecule has 0 aliphatic rings. The van der Waals surface area contributed by atoms with Gasteiger partial charge >= 0.3 is 5.63 Å². The van der Waals surface area contributed by atoms with Gasteiger partial charge < -0.3 is 14.5 Å². The average Bonchev–Trinajstić information content (AvgIpc) is 2.57. The number of anilines is 1. The number of nitrogens with one attached hydrogen (secondary N) is 1. The van der Waals surface area contributed by atoms with Crippen molar-refractivity contribution < 1.29 is 13.9 Å². The van der Waals surface area contributed by atoms with Crippen LogP contribution in [-0.4, -0.2) is 12.5 Å². The number of fused-ring (bicyclic) bond motifs is 1. The predicted molar refractivity (Wildman–Crippen MR) is 101 cm³/mol. The van der Waals surface area contributed by atoms with Gasteiger partial charge in [-0.15, -0.1) is 0 Å². The first-order valence-corrected chi connectivity index (χ1v) is 8.43. The molecule has 0 spiro atoms. The molecule has 0 saturated carbocycles. The second-order valence-electron chi connectivity index (χ2n) is 5.02. The Labute approximate surface area is 151 Å². The van der Waals surface area contributed by atoms with Crippen LogP contribution in [0.1, 0.15) is 17.3 Å². The Morgan fingerprint density at radius 3 is 2.67 bits per heavy atom. The summed E-state index contributed by atoms with van der Waals surface area (Å²) in [7, 11) is 0. The van der Waals surface area contributed by atoms with Crippen LogP contribution in [0.5, 0.6) is 5.75 Å². The fraction of sp³-hybridized carbons (Fsp3) is 0.111. The highest BCUT2D eigenvalue weighted by Gasteiger charge is 2.15. The summed E-state index contributed by atoms with van der Waals surface area (Å²) in [5.74, 6) is -0.0228. The molecular formula is C18H14INO4. The molecule has 122 valence electrons. The van der Waals surface area contributed by atoms with Crippen molar-refractivity contribution in [2.45, 2.75) is 6.92 Å². The van der Waals surface area contributed by atoms with Crippen molar-refractivity contribution in [2.24, 2.45) is 0 Å². The molecule has 0 fully saturated rings. The fourth-order valence-electron chi connectivity index (χ4n) is 2.28. The van der Waals surface area contributed by atoms with Crippen LogP contribution in [0, 0.1) is 3.57 Å². The maximum absolute atomic E-state index is 12.4. The lowest BCUT2D eigenvalue weighted by Crippen LogP contribution is -2.20. The molecule has 3 rings (SSSR count). The molecular weight excluding hydrogens is 421 g/mol. The Morgan fingerprint density at radius 2 is 1.96 bits per heavy atom. The third kappa shape index (κ3) is 3.43. The summed E-state index contributed by atoms with van der Waals surface area (Å²) in [4.78, 5) is 24.6. The monoisotopic (exact) mass is 435 g/mol. The molecule has 0 radical (unpaired) electrons. The van der Waals surface area contributed by atoms with Crippen LogP contribution in [-0.2, 0) is 0 Å². The number of rotatable bonds is 4. The molecule has 5 nitrogen and oxygen atoms in total. The summed E-state index contributed by atoms with van der Waals surface area (Å²) in [6.45, 7) is 2.30. The number of hydrogen-bond donors (Lipinski definition) is 1. The summed E-state index contributed by atoms with van der Waals surface area (Å²) in [5.41, 5.74) is 0.213. The zero-order chi connectivity index (χ0) is 17.1. The molecule has 0 atom stereocenters. The van der Waals surface area contributed by atoms with Crippen LogP contribution in [0.4, 0.5) is 5.69 Å². The average molecular weight is 435 g/mol. The van der Waals surface area contributed by atoms with E-state index >= 15 is 0 Å². The number of carbonyl (C=O) groups is 1. The molecule has 6 heteroatoms. The fourth-order valence-corrected chi connectivity index (χ4v) is 2.64. The molecule has 0 saturated heterocycles. The summed E-state index contributed by atoms with van der Waals surface area (Å²) in [6.07, 6.45) is 0. The molecule has 2 aromatic carbocycles. The second-order valence-corrected chi connectivity index (χ2v) is 6.26. The molecule has 0 unspecified atom stereocenters. The third-order valence-electron chi connectivity index (χ3n) is 3.37. The van der Waals surface area contributed by atoms with Crippen LogP contribution in [0.3, 0.4) is 0 Å². The minimum Gasteiger partial charge on any atom is -0.490 e. The van der Waals surface area contributed by atoms with E-state index in [0.717, 1.165) is 3.57 Å². The molecule has 1 heterocycles. The van der Waals surface area contributed by atoms with Gasteiger partial charge in [-0.2, -0.15) is 0 Å². The number of benzene rings is 2. The maximum Gasteiger partial charge on any atom is 0.349 e. The van der Waals surface area contributed by atoms with Crippen molar-refractivity contribution in [1.82, 2.24) is 0 Å². The Morgan fingerprint density at radius 1 is 1.21 bits per heavy atom. The molecule has 0 bridgehead atoms. The topological polar surface area (TPSA) is 68.5 Å². The van der Waals surface area contributed by atoms with Crippen LogP contribution in [0.25, 0.3) is 11.0 Å². The van der Waals surface area contributed by atoms with E-state index in [1.54, 1.807) is 30.3 Å². The van der Waals surface area contributed by atoms with Gasteiger partial charge in [-0.1, -0.05) is 12.1 Å². The molecule has 3 aromatic rings. The van der Waals surface area contributed by atoms with E-state index in [-0.39, 0.29) is 5.56 Å². The van der Waals surface area contributed by atoms with Gasteiger partial charge in [-0.05, 0) is 65.9 Å². The van der Waals surface area contributed by atoms with Gasteiger partial charge in [0.25, 0.3) is 5.91 Å². The molecule has 1 aromatic heterocycles. The lowest BCUT2D eigenvalue weighted by molar-refractivity contribution is 0.102. The van der Waals surface area contributed by atoms with Gasteiger partial charge in [0.15, 0.2) is 11.3 Å². The number of hydrogen-bond acceptors (Lipinski definition) is 4. The zero-order valence-corrected chi connectivity index (χ0v) is 15.0. The van der Waals surface area contributed by atoms with Gasteiger partial charge in [0.2, 0.25) is 0 Å². The van der Waals surface area contributed by atoms with E-state index in [0.29, 0.717) is 29.0 Å². The highest BCUT2D eigenvalue weighted by molar-refractivity contribution is 14.1. The largest absolute Gasteiger partial charge is 0.490 e. The van der Waals surface area contributed by atoms with Gasteiger partial charge in [0.1, 0.15) is 5.56 Å². The Kier molecular flexibility index (Phi) is 4.84. The van der Waals surface area contributed by atoms with E-state index in [4.69, 9.17) is 9.15 Å². The van der Waals surface area contributed by atoms with Crippen LogP contribution in [0.15, 0.2) is 57.7 Å². The summed E-state index contributed by atoms with van der Waals surface area (Å²) >= 11 is 2.18. The van der Waals surface area contributed by atoms with E-state index in [9.17, 15) is 9.59 Å². The van der Waals surface area contributed by atoms with Crippen molar-refractivity contribution >= 4 is 45.2 Å². The zero-order valence-electron chi connectivity index (χ0n) is 12.8. The van der Waals surface area contributed by atoms with E-state index in [1.807, 2.05) is 19.1 Å². The summed E-state index contributed by atoms with van der Waals surface area (Å²) in [6, 6.07) is 14.1. The lowest BCUT2D eigenvalue weighted by Gasteiger charge is -2.08. The SMILES string of the molecule is CCOc1cccc2cc(C(=O)Nc3ccc(I)cc3)c(=O)oc12. The van der Waals surface area contributed by atoms with Gasteiger partial charge in [0.05, 0.1) is 6.61 Å². The number of carbonyl (C=O) groups excluding carboxylic acids is 1. The van der Waals surface area contributed by atoms with Crippen LogP contribution >= 0.6 is 22.6 Å². The first-order valence-electron chi connectivity index (χ1n) is 7.35. The summed E-state index contributed by atoms with van der Waals surface area (Å²) < 4.78 is 11.8. The maximum atomic E-state index is 12.4. The number of ether oxygens (including phenoxy) is 1. The second kappa shape index (κ2) is 7.04. The van der Waals surface area contributed by atoms with E-state index < -0.39 is 11.5 Å². The first-order chi connectivity index (χ1) is 11.6. The van der Waals surface area contributed by atoms with Crippen molar-refractivity contribution in [2.75, 3.05) is 11.9 Å². The van der Waals surface area contributed by atoms with Crippen LogP contribution < -0.4 is 15.7 Å². The Hall–Kier alpha value is -2.35. The van der Waals surface area contributed by atoms with Crippen molar-refractivity contribution in [3.05, 3.63) is 68.1 Å². The third-order valence-corrected chi connectivity index (χ3v) is 4.09. The normalized spacial score (nSPS) is 10.6. The van der Waals surface area contributed by atoms with Crippen molar-refractivity contribution in [3.63, 3.8) is 0 Å². The Bertz CT molecular complexity index is 947. The highest BCUT2D eigenvalue weighted by atomic mass is 127. The van der Waals surface area contributed by atoms with Crippen molar-refractivity contribution in [3.8, 4) is 5.75 Å². The molecule has 24 heavy (non-hydrogen) atoms. The number of halogens is 1. The first kappa shape index (κ1) is 16.5. The summed E-state index contributed by atoms with van der Waals surface area (Å²) in [5, 5.41) is 3.33. The molecule has 1 amide bonds. The molecule has 0 aliphatic heterocycles. The predicted octanol–water partition coefficient (Wildman–Crippen LogP) is 4.05. The van der Waals surface area contributed by atoms with Crippen LogP contribution in [0.2, 0.25) is 0 Å². The smallest absolute Gasteiger partial charge is 0.349 e. The minimum atomic E-state index is -0.697. The molecule has 0 aliphatic carbocycles. The van der Waals surface area contributed by atoms with Gasteiger partial charge in [-0.25, -0.2) is 4.79 Å². The van der Waals surface area contributed by atoms with Gasteiger partial charge in [0, 0.05) is 14.6 Å². The standard InChI is InChI=1S/C18H14INO4/c1-2-23-15-5-3-4-11-10-14(18(22)24-16(11)15)17(21)20-13-8-6-12(19)7-9-13/h3-10H,2H2,1H3,(H,20,21). The van der Waals surface area contributed by atoms with Gasteiger partial charge in [-0.3, -0.25) is 4.79 Å². The highest BCUT2D eigenvalue weighted by Crippen LogP contribution is 2.25. The number of para-hydroxylation sites is 1. The quantitative estimate of drug-likeness (QED) is 0.496. The molecule has 1 N–H and O–H groups in total. The lowest BCUT2D eigenvalue weighted by atomic mass is 10.1. The van der Waals surface area contributed by atoms with E-state index in [1.165, 1.54) is 6.07 Å².